The minimum atomic E-state index is -3.86. The van der Waals surface area contributed by atoms with Crippen LogP contribution in [0.2, 0.25) is 0 Å². The Kier molecular flexibility index (Phi) is 5.70. The van der Waals surface area contributed by atoms with Crippen LogP contribution in [0, 0.1) is 0 Å². The van der Waals surface area contributed by atoms with Gasteiger partial charge in [0.05, 0.1) is 17.7 Å². The number of aryl methyl sites for hydroxylation is 1. The molecule has 3 aromatic carbocycles. The van der Waals surface area contributed by atoms with Crippen molar-refractivity contribution in [3.63, 3.8) is 0 Å². The summed E-state index contributed by atoms with van der Waals surface area (Å²) in [5.74, 6) is -0.0393. The molecule has 4 rings (SSSR count). The number of ether oxygens (including phenoxy) is 1. The van der Waals surface area contributed by atoms with Gasteiger partial charge in [0.2, 0.25) is 0 Å². The second-order valence-corrected chi connectivity index (χ2v) is 10.7. The van der Waals surface area contributed by atoms with Gasteiger partial charge in [0, 0.05) is 21.6 Å². The summed E-state index contributed by atoms with van der Waals surface area (Å²) < 4.78 is 40.4. The first-order valence-electron chi connectivity index (χ1n) is 10.8. The topological polar surface area (TPSA) is 85.6 Å². The lowest BCUT2D eigenvalue weighted by Crippen LogP contribution is -2.16. The zero-order chi connectivity index (χ0) is 24.0. The molecule has 0 radical (unpaired) electrons. The van der Waals surface area contributed by atoms with Crippen LogP contribution in [-0.2, 0) is 26.6 Å². The molecule has 7 heteroatoms. The van der Waals surface area contributed by atoms with Crippen LogP contribution in [0.3, 0.4) is 0 Å². The molecule has 0 bridgehead atoms. The van der Waals surface area contributed by atoms with E-state index in [4.69, 9.17) is 9.15 Å². The highest BCUT2D eigenvalue weighted by molar-refractivity contribution is 7.92. The number of carbonyl (C=O) groups is 1. The van der Waals surface area contributed by atoms with Crippen LogP contribution in [0.1, 0.15) is 49.4 Å². The fraction of sp³-hybridized carbons (Fsp3) is 0.269. The van der Waals surface area contributed by atoms with Crippen molar-refractivity contribution in [3.8, 4) is 0 Å². The molecule has 0 saturated carbocycles. The molecule has 0 aliphatic carbocycles. The van der Waals surface area contributed by atoms with Crippen LogP contribution in [0.4, 0.5) is 5.69 Å². The second kappa shape index (κ2) is 8.23. The lowest BCUT2D eigenvalue weighted by molar-refractivity contribution is 0.0598. The Morgan fingerprint density at radius 1 is 1.00 bits per heavy atom. The predicted octanol–water partition coefficient (Wildman–Crippen LogP) is 6.03. The van der Waals surface area contributed by atoms with E-state index in [1.165, 1.54) is 7.11 Å². The third-order valence-electron chi connectivity index (χ3n) is 5.65. The Morgan fingerprint density at radius 2 is 1.64 bits per heavy atom. The SMILES string of the molecule is CCc1ccc(S(=O)(=O)Nc2cc3c(C(=O)OC)c(C(C)(C)C)oc3c3ccccc23)cc1. The Morgan fingerprint density at radius 3 is 2.21 bits per heavy atom. The number of fused-ring (bicyclic) bond motifs is 3. The normalized spacial score (nSPS) is 12.3. The highest BCUT2D eigenvalue weighted by atomic mass is 32.2. The van der Waals surface area contributed by atoms with E-state index in [-0.39, 0.29) is 4.90 Å². The maximum atomic E-state index is 13.2. The summed E-state index contributed by atoms with van der Waals surface area (Å²) >= 11 is 0. The van der Waals surface area contributed by atoms with Crippen LogP contribution in [0.15, 0.2) is 63.9 Å². The molecular weight excluding hydrogens is 438 g/mol. The van der Waals surface area contributed by atoms with E-state index >= 15 is 0 Å². The molecule has 1 N–H and O–H groups in total. The van der Waals surface area contributed by atoms with Crippen molar-refractivity contribution in [2.75, 3.05) is 11.8 Å². The molecule has 33 heavy (non-hydrogen) atoms. The second-order valence-electron chi connectivity index (χ2n) is 9.00. The van der Waals surface area contributed by atoms with Gasteiger partial charge < -0.3 is 9.15 Å². The molecule has 6 nitrogen and oxygen atoms in total. The van der Waals surface area contributed by atoms with Gasteiger partial charge in [0.15, 0.2) is 0 Å². The number of carbonyl (C=O) groups excluding carboxylic acids is 1. The smallest absolute Gasteiger partial charge is 0.342 e. The van der Waals surface area contributed by atoms with E-state index in [2.05, 4.69) is 4.72 Å². The zero-order valence-corrected chi connectivity index (χ0v) is 20.2. The van der Waals surface area contributed by atoms with Crippen LogP contribution >= 0.6 is 0 Å². The van der Waals surface area contributed by atoms with Crippen molar-refractivity contribution < 1.29 is 22.4 Å². The average Bonchev–Trinajstić information content (AvgIpc) is 3.19. The maximum Gasteiger partial charge on any atom is 0.342 e. The number of sulfonamides is 1. The van der Waals surface area contributed by atoms with E-state index in [1.807, 2.05) is 52.0 Å². The lowest BCUT2D eigenvalue weighted by atomic mass is 9.89. The molecule has 0 saturated heterocycles. The molecule has 0 spiro atoms. The Labute approximate surface area is 193 Å². The lowest BCUT2D eigenvalue weighted by Gasteiger charge is -2.16. The van der Waals surface area contributed by atoms with Crippen molar-refractivity contribution in [2.24, 2.45) is 0 Å². The number of hydrogen-bond donors (Lipinski definition) is 1. The van der Waals surface area contributed by atoms with Gasteiger partial charge in [-0.25, -0.2) is 13.2 Å². The molecule has 0 fully saturated rings. The van der Waals surface area contributed by atoms with Crippen molar-refractivity contribution in [1.29, 1.82) is 0 Å². The van der Waals surface area contributed by atoms with Crippen molar-refractivity contribution in [2.45, 2.75) is 44.4 Å². The van der Waals surface area contributed by atoms with Crippen LogP contribution in [0.25, 0.3) is 21.7 Å². The van der Waals surface area contributed by atoms with Gasteiger partial charge in [-0.1, -0.05) is 64.1 Å². The minimum absolute atomic E-state index is 0.166. The molecule has 4 aromatic rings. The fourth-order valence-corrected chi connectivity index (χ4v) is 5.02. The predicted molar refractivity (Wildman–Crippen MR) is 130 cm³/mol. The molecule has 1 heterocycles. The molecule has 0 unspecified atom stereocenters. The first kappa shape index (κ1) is 22.9. The van der Waals surface area contributed by atoms with E-state index in [0.29, 0.717) is 38.8 Å². The summed E-state index contributed by atoms with van der Waals surface area (Å²) in [7, 11) is -2.54. The summed E-state index contributed by atoms with van der Waals surface area (Å²) in [5, 5.41) is 1.88. The number of esters is 1. The van der Waals surface area contributed by atoms with Crippen molar-refractivity contribution in [1.82, 2.24) is 0 Å². The summed E-state index contributed by atoms with van der Waals surface area (Å²) in [5.41, 5.74) is 1.77. The number of rotatable bonds is 5. The highest BCUT2D eigenvalue weighted by Crippen LogP contribution is 2.41. The van der Waals surface area contributed by atoms with Gasteiger partial charge in [-0.05, 0) is 30.2 Å². The summed E-state index contributed by atoms with van der Waals surface area (Å²) in [6, 6.07) is 15.8. The summed E-state index contributed by atoms with van der Waals surface area (Å²) in [6.45, 7) is 7.85. The summed E-state index contributed by atoms with van der Waals surface area (Å²) in [4.78, 5) is 12.9. The van der Waals surface area contributed by atoms with Gasteiger partial charge in [0.1, 0.15) is 16.9 Å². The van der Waals surface area contributed by atoms with Crippen LogP contribution in [-0.4, -0.2) is 21.5 Å². The van der Waals surface area contributed by atoms with Crippen molar-refractivity contribution in [3.05, 3.63) is 71.5 Å². The maximum absolute atomic E-state index is 13.2. The molecule has 0 aliphatic rings. The standard InChI is InChI=1S/C26H27NO5S/c1-6-16-11-13-17(14-12-16)33(29,30)27-21-15-20-22(25(28)31-5)24(26(2,3)4)32-23(20)19-10-8-7-9-18(19)21/h7-15,27H,6H2,1-5H3. The van der Waals surface area contributed by atoms with Gasteiger partial charge in [0.25, 0.3) is 10.0 Å². The highest BCUT2D eigenvalue weighted by Gasteiger charge is 2.31. The zero-order valence-electron chi connectivity index (χ0n) is 19.4. The van der Waals surface area contributed by atoms with E-state index in [0.717, 1.165) is 12.0 Å². The molecule has 1 aromatic heterocycles. The number of benzene rings is 3. The molecule has 0 amide bonds. The van der Waals surface area contributed by atoms with Crippen LogP contribution in [0.5, 0.6) is 0 Å². The Balaban J connectivity index is 1.97. The number of furan rings is 1. The first-order chi connectivity index (χ1) is 15.6. The van der Waals surface area contributed by atoms with E-state index in [9.17, 15) is 13.2 Å². The average molecular weight is 466 g/mol. The summed E-state index contributed by atoms with van der Waals surface area (Å²) in [6.07, 6.45) is 0.821. The monoisotopic (exact) mass is 465 g/mol. The number of anilines is 1. The van der Waals surface area contributed by atoms with Gasteiger partial charge >= 0.3 is 5.97 Å². The largest absolute Gasteiger partial charge is 0.465 e. The van der Waals surface area contributed by atoms with Gasteiger partial charge in [-0.2, -0.15) is 0 Å². The Hall–Kier alpha value is -3.32. The van der Waals surface area contributed by atoms with Gasteiger partial charge in [-0.15, -0.1) is 0 Å². The third kappa shape index (κ3) is 4.09. The van der Waals surface area contributed by atoms with Crippen LogP contribution < -0.4 is 4.72 Å². The van der Waals surface area contributed by atoms with Crippen molar-refractivity contribution >= 4 is 43.4 Å². The first-order valence-corrected chi connectivity index (χ1v) is 12.2. The van der Waals surface area contributed by atoms with E-state index < -0.39 is 21.4 Å². The molecular formula is C26H27NO5S. The fourth-order valence-electron chi connectivity index (χ4n) is 3.95. The minimum Gasteiger partial charge on any atom is -0.465 e. The third-order valence-corrected chi connectivity index (χ3v) is 7.03. The number of methoxy groups -OCH3 is 1. The molecule has 0 aliphatic heterocycles. The molecule has 172 valence electrons. The van der Waals surface area contributed by atoms with Gasteiger partial charge in [-0.3, -0.25) is 4.72 Å². The number of hydrogen-bond acceptors (Lipinski definition) is 5. The quantitative estimate of drug-likeness (QED) is 0.364. The van der Waals surface area contributed by atoms with E-state index in [1.54, 1.807) is 30.3 Å². The number of nitrogens with one attached hydrogen (secondary N) is 1. The molecule has 0 atom stereocenters. The Bertz CT molecular complexity index is 1460.